The lowest BCUT2D eigenvalue weighted by molar-refractivity contribution is 0.0696. The number of aromatic nitrogens is 4. The molecule has 9 nitrogen and oxygen atoms in total. The van der Waals surface area contributed by atoms with E-state index in [2.05, 4.69) is 24.6 Å². The van der Waals surface area contributed by atoms with Crippen LogP contribution in [0.2, 0.25) is 0 Å². The summed E-state index contributed by atoms with van der Waals surface area (Å²) in [5.41, 5.74) is 1.47. The van der Waals surface area contributed by atoms with Crippen LogP contribution in [0.3, 0.4) is 0 Å². The van der Waals surface area contributed by atoms with Gasteiger partial charge in [0.15, 0.2) is 5.82 Å². The fourth-order valence-electron chi connectivity index (χ4n) is 3.90. The standard InChI is InChI=1S/C22H24N6O3S/c1-30-18-3-2-15(22(29)26-16-4-10-31-11-5-16)12-19(18)32-27-13-17-21(25-7-6-23-17)28-9-8-24-20(28)14-27/h2-3,6-9,12,16H,4-5,10-11,13-14H2,1H3,(H,26,29). The van der Waals surface area contributed by atoms with E-state index in [1.807, 2.05) is 22.9 Å². The van der Waals surface area contributed by atoms with E-state index in [0.717, 1.165) is 35.1 Å². The fourth-order valence-corrected chi connectivity index (χ4v) is 4.97. The number of rotatable bonds is 5. The second kappa shape index (κ2) is 9.27. The number of amides is 1. The Morgan fingerprint density at radius 1 is 1.16 bits per heavy atom. The van der Waals surface area contributed by atoms with E-state index >= 15 is 0 Å². The first-order chi connectivity index (χ1) is 15.7. The Morgan fingerprint density at radius 3 is 2.84 bits per heavy atom. The van der Waals surface area contributed by atoms with Crippen molar-refractivity contribution in [1.82, 2.24) is 29.1 Å². The first-order valence-corrected chi connectivity index (χ1v) is 11.3. The van der Waals surface area contributed by atoms with Crippen molar-refractivity contribution in [3.8, 4) is 11.6 Å². The molecule has 0 atom stereocenters. The molecule has 10 heteroatoms. The van der Waals surface area contributed by atoms with Gasteiger partial charge in [-0.05, 0) is 43.0 Å². The highest BCUT2D eigenvalue weighted by Crippen LogP contribution is 2.36. The molecule has 2 aliphatic rings. The van der Waals surface area contributed by atoms with Gasteiger partial charge in [-0.15, -0.1) is 0 Å². The molecule has 5 rings (SSSR count). The molecule has 1 saturated heterocycles. The minimum atomic E-state index is -0.0796. The zero-order chi connectivity index (χ0) is 21.9. The van der Waals surface area contributed by atoms with Gasteiger partial charge in [-0.1, -0.05) is 0 Å². The fraction of sp³-hybridized carbons (Fsp3) is 0.364. The molecule has 4 heterocycles. The number of ether oxygens (including phenoxy) is 2. The number of hydrogen-bond donors (Lipinski definition) is 1. The zero-order valence-corrected chi connectivity index (χ0v) is 18.5. The first-order valence-electron chi connectivity index (χ1n) is 10.5. The Labute approximate surface area is 190 Å². The SMILES string of the molecule is COc1ccc(C(=O)NC2CCOCC2)cc1SN1Cc2nccnc2-n2ccnc2C1. The number of nitrogens with one attached hydrogen (secondary N) is 1. The van der Waals surface area contributed by atoms with E-state index in [1.165, 1.54) is 11.9 Å². The molecule has 0 saturated carbocycles. The highest BCUT2D eigenvalue weighted by atomic mass is 32.2. The number of benzene rings is 1. The van der Waals surface area contributed by atoms with E-state index in [-0.39, 0.29) is 11.9 Å². The molecule has 32 heavy (non-hydrogen) atoms. The van der Waals surface area contributed by atoms with Gasteiger partial charge in [-0.2, -0.15) is 0 Å². The van der Waals surface area contributed by atoms with Crippen molar-refractivity contribution in [2.24, 2.45) is 0 Å². The van der Waals surface area contributed by atoms with Gasteiger partial charge in [-0.3, -0.25) is 14.3 Å². The van der Waals surface area contributed by atoms with Crippen molar-refractivity contribution < 1.29 is 14.3 Å². The van der Waals surface area contributed by atoms with Crippen LogP contribution >= 0.6 is 11.9 Å². The molecule has 0 bridgehead atoms. The summed E-state index contributed by atoms with van der Waals surface area (Å²) < 4.78 is 15.1. The number of fused-ring (bicyclic) bond motifs is 3. The highest BCUT2D eigenvalue weighted by molar-refractivity contribution is 7.97. The Balaban J connectivity index is 1.39. The van der Waals surface area contributed by atoms with Gasteiger partial charge in [0.1, 0.15) is 11.6 Å². The first kappa shape index (κ1) is 20.9. The molecule has 1 aromatic carbocycles. The largest absolute Gasteiger partial charge is 0.496 e. The van der Waals surface area contributed by atoms with Crippen LogP contribution in [0.1, 0.15) is 34.7 Å². The van der Waals surface area contributed by atoms with Gasteiger partial charge in [0.05, 0.1) is 30.8 Å². The maximum absolute atomic E-state index is 12.9. The molecular weight excluding hydrogens is 428 g/mol. The molecule has 166 valence electrons. The summed E-state index contributed by atoms with van der Waals surface area (Å²) in [4.78, 5) is 27.2. The lowest BCUT2D eigenvalue weighted by Crippen LogP contribution is -2.38. The third-order valence-electron chi connectivity index (χ3n) is 5.55. The number of imidazole rings is 1. The summed E-state index contributed by atoms with van der Waals surface area (Å²) in [5, 5.41) is 3.12. The third-order valence-corrected chi connectivity index (χ3v) is 6.58. The number of hydrogen-bond acceptors (Lipinski definition) is 8. The third kappa shape index (κ3) is 4.34. The van der Waals surface area contributed by atoms with Crippen molar-refractivity contribution in [3.05, 3.63) is 60.1 Å². The molecule has 1 N–H and O–H groups in total. The summed E-state index contributed by atoms with van der Waals surface area (Å²) in [6.07, 6.45) is 8.73. The average molecular weight is 453 g/mol. The monoisotopic (exact) mass is 452 g/mol. The Bertz CT molecular complexity index is 1110. The van der Waals surface area contributed by atoms with Gasteiger partial charge in [-0.25, -0.2) is 14.3 Å². The molecule has 1 fully saturated rings. The predicted molar refractivity (Wildman–Crippen MR) is 119 cm³/mol. The van der Waals surface area contributed by atoms with E-state index in [9.17, 15) is 4.79 Å². The molecule has 0 aliphatic carbocycles. The van der Waals surface area contributed by atoms with E-state index < -0.39 is 0 Å². The molecule has 0 spiro atoms. The van der Waals surface area contributed by atoms with Crippen LogP contribution in [0.4, 0.5) is 0 Å². The van der Waals surface area contributed by atoms with Crippen molar-refractivity contribution >= 4 is 17.9 Å². The topological polar surface area (TPSA) is 94.4 Å². The Hall–Kier alpha value is -2.95. The van der Waals surface area contributed by atoms with Gasteiger partial charge < -0.3 is 14.8 Å². The van der Waals surface area contributed by atoms with Gasteiger partial charge >= 0.3 is 0 Å². The molecule has 3 aromatic rings. The maximum Gasteiger partial charge on any atom is 0.251 e. The van der Waals surface area contributed by atoms with Gasteiger partial charge in [0.2, 0.25) is 0 Å². The second-order valence-corrected chi connectivity index (χ2v) is 8.79. The quantitative estimate of drug-likeness (QED) is 0.591. The number of carbonyl (C=O) groups is 1. The van der Waals surface area contributed by atoms with Crippen LogP contribution in [0.5, 0.6) is 5.75 Å². The molecular formula is C22H24N6O3S. The highest BCUT2D eigenvalue weighted by Gasteiger charge is 2.24. The molecule has 2 aliphatic heterocycles. The van der Waals surface area contributed by atoms with Crippen LogP contribution in [0, 0.1) is 0 Å². The van der Waals surface area contributed by atoms with Crippen molar-refractivity contribution in [2.75, 3.05) is 20.3 Å². The lowest BCUT2D eigenvalue weighted by atomic mass is 10.1. The second-order valence-electron chi connectivity index (χ2n) is 7.66. The molecule has 0 radical (unpaired) electrons. The van der Waals surface area contributed by atoms with E-state index in [4.69, 9.17) is 9.47 Å². The van der Waals surface area contributed by atoms with E-state index in [0.29, 0.717) is 37.6 Å². The number of carbonyl (C=O) groups excluding carboxylic acids is 1. The molecule has 1 amide bonds. The van der Waals surface area contributed by atoms with Gasteiger partial charge in [0.25, 0.3) is 5.91 Å². The van der Waals surface area contributed by atoms with E-state index in [1.54, 1.807) is 31.8 Å². The summed E-state index contributed by atoms with van der Waals surface area (Å²) in [6.45, 7) is 2.55. The summed E-state index contributed by atoms with van der Waals surface area (Å²) in [7, 11) is 1.64. The van der Waals surface area contributed by atoms with Crippen LogP contribution in [-0.2, 0) is 17.8 Å². The summed E-state index contributed by atoms with van der Waals surface area (Å²) in [6, 6.07) is 5.67. The zero-order valence-electron chi connectivity index (χ0n) is 17.7. The van der Waals surface area contributed by atoms with Crippen LogP contribution in [-0.4, -0.2) is 56.1 Å². The summed E-state index contributed by atoms with van der Waals surface area (Å²) >= 11 is 1.52. The normalized spacial score (nSPS) is 16.7. The number of methoxy groups -OCH3 is 1. The Morgan fingerprint density at radius 2 is 2.00 bits per heavy atom. The maximum atomic E-state index is 12.9. The Kier molecular flexibility index (Phi) is 6.06. The van der Waals surface area contributed by atoms with Gasteiger partial charge in [0, 0.05) is 49.6 Å². The van der Waals surface area contributed by atoms with Crippen molar-refractivity contribution in [2.45, 2.75) is 36.9 Å². The van der Waals surface area contributed by atoms with Crippen molar-refractivity contribution in [3.63, 3.8) is 0 Å². The molecule has 2 aromatic heterocycles. The predicted octanol–water partition coefficient (Wildman–Crippen LogP) is 2.60. The average Bonchev–Trinajstić information content (AvgIpc) is 3.22. The summed E-state index contributed by atoms with van der Waals surface area (Å²) in [5.74, 6) is 2.30. The lowest BCUT2D eigenvalue weighted by Gasteiger charge is -2.23. The molecule has 0 unspecified atom stereocenters. The van der Waals surface area contributed by atoms with Crippen LogP contribution < -0.4 is 10.1 Å². The minimum absolute atomic E-state index is 0.0796. The van der Waals surface area contributed by atoms with Crippen LogP contribution in [0.15, 0.2) is 47.9 Å². The minimum Gasteiger partial charge on any atom is -0.496 e. The van der Waals surface area contributed by atoms with Crippen molar-refractivity contribution in [1.29, 1.82) is 0 Å². The smallest absolute Gasteiger partial charge is 0.251 e. The number of nitrogens with zero attached hydrogens (tertiary/aromatic N) is 5. The van der Waals surface area contributed by atoms with Crippen LogP contribution in [0.25, 0.3) is 5.82 Å².